The van der Waals surface area contributed by atoms with E-state index in [2.05, 4.69) is 29.2 Å². The minimum Gasteiger partial charge on any atom is -0.305 e. The molecule has 0 bridgehead atoms. The van der Waals surface area contributed by atoms with E-state index < -0.39 is 5.54 Å². The van der Waals surface area contributed by atoms with Crippen molar-refractivity contribution < 1.29 is 9.59 Å². The van der Waals surface area contributed by atoms with Crippen molar-refractivity contribution in [2.75, 3.05) is 20.1 Å². The van der Waals surface area contributed by atoms with Crippen molar-refractivity contribution in [1.29, 1.82) is 0 Å². The molecule has 0 unspecified atom stereocenters. The highest BCUT2D eigenvalue weighted by Gasteiger charge is 2.56. The first-order valence-corrected chi connectivity index (χ1v) is 9.50. The van der Waals surface area contributed by atoms with E-state index in [-0.39, 0.29) is 11.9 Å². The summed E-state index contributed by atoms with van der Waals surface area (Å²) < 4.78 is 0. The van der Waals surface area contributed by atoms with Gasteiger partial charge >= 0.3 is 6.03 Å². The number of likely N-dealkylation sites (N-methyl/N-ethyl adjacent to an activating group) is 1. The quantitative estimate of drug-likeness (QED) is 0.784. The molecule has 2 aliphatic heterocycles. The lowest BCUT2D eigenvalue weighted by molar-refractivity contribution is -0.135. The number of carbonyl (C=O) groups is 2. The smallest absolute Gasteiger partial charge is 0.305 e. The zero-order chi connectivity index (χ0) is 18.9. The average molecular weight is 363 g/mol. The summed E-state index contributed by atoms with van der Waals surface area (Å²) in [5, 5.41) is 0. The third kappa shape index (κ3) is 3.23. The Balaban J connectivity index is 1.51. The normalized spacial score (nSPS) is 19.9. The Morgan fingerprint density at radius 1 is 0.815 bits per heavy atom. The van der Waals surface area contributed by atoms with Crippen LogP contribution in [0.3, 0.4) is 0 Å². The minimum absolute atomic E-state index is 0.0530. The molecule has 0 aliphatic carbocycles. The van der Waals surface area contributed by atoms with Crippen molar-refractivity contribution in [3.8, 4) is 0 Å². The van der Waals surface area contributed by atoms with E-state index in [9.17, 15) is 9.59 Å². The molecule has 2 fully saturated rings. The number of hydrogen-bond donors (Lipinski definition) is 0. The molecule has 2 saturated heterocycles. The highest BCUT2D eigenvalue weighted by molar-refractivity contribution is 6.06. The van der Waals surface area contributed by atoms with Gasteiger partial charge in [-0.05, 0) is 24.0 Å². The third-order valence-electron chi connectivity index (χ3n) is 5.85. The van der Waals surface area contributed by atoms with Crippen molar-refractivity contribution >= 4 is 11.9 Å². The molecule has 0 N–H and O–H groups in total. The molecule has 5 nitrogen and oxygen atoms in total. The van der Waals surface area contributed by atoms with E-state index in [0.717, 1.165) is 25.2 Å². The number of benzene rings is 2. The predicted molar refractivity (Wildman–Crippen MR) is 104 cm³/mol. The first-order chi connectivity index (χ1) is 13.1. The Kier molecular flexibility index (Phi) is 4.70. The maximum absolute atomic E-state index is 13.0. The Labute approximate surface area is 160 Å². The topological polar surface area (TPSA) is 43.9 Å². The summed E-state index contributed by atoms with van der Waals surface area (Å²) in [6.45, 7) is 2.99. The second kappa shape index (κ2) is 7.16. The summed E-state index contributed by atoms with van der Waals surface area (Å²) in [4.78, 5) is 31.3. The lowest BCUT2D eigenvalue weighted by Gasteiger charge is -2.42. The predicted octanol–water partition coefficient (Wildman–Crippen LogP) is 3.12. The van der Waals surface area contributed by atoms with Gasteiger partial charge in [0.2, 0.25) is 0 Å². The fourth-order valence-corrected chi connectivity index (χ4v) is 4.27. The highest BCUT2D eigenvalue weighted by Crippen LogP contribution is 2.38. The molecule has 4 rings (SSSR count). The van der Waals surface area contributed by atoms with Crippen LogP contribution in [0, 0.1) is 0 Å². The number of hydrogen-bond acceptors (Lipinski definition) is 3. The first kappa shape index (κ1) is 17.7. The Morgan fingerprint density at radius 2 is 1.33 bits per heavy atom. The summed E-state index contributed by atoms with van der Waals surface area (Å²) >= 11 is 0. The van der Waals surface area contributed by atoms with E-state index in [1.807, 2.05) is 36.4 Å². The van der Waals surface area contributed by atoms with Crippen LogP contribution in [-0.2, 0) is 17.9 Å². The number of amides is 3. The SMILES string of the molecule is CN1C(=O)N(Cc2ccccc2)C2(CCN(Cc3ccccc3)CC2)C1=O. The number of imide groups is 1. The maximum atomic E-state index is 13.0. The second-order valence-corrected chi connectivity index (χ2v) is 7.51. The molecular weight excluding hydrogens is 338 g/mol. The number of urea groups is 1. The molecule has 0 saturated carbocycles. The number of carbonyl (C=O) groups excluding carboxylic acids is 2. The molecule has 2 aromatic carbocycles. The van der Waals surface area contributed by atoms with E-state index in [0.29, 0.717) is 19.4 Å². The Bertz CT molecular complexity index is 814. The first-order valence-electron chi connectivity index (χ1n) is 9.50. The summed E-state index contributed by atoms with van der Waals surface area (Å²) in [6, 6.07) is 20.1. The molecule has 3 amide bonds. The lowest BCUT2D eigenvalue weighted by Crippen LogP contribution is -2.56. The largest absolute Gasteiger partial charge is 0.327 e. The fourth-order valence-electron chi connectivity index (χ4n) is 4.27. The zero-order valence-electron chi connectivity index (χ0n) is 15.7. The van der Waals surface area contributed by atoms with Crippen LogP contribution in [0.2, 0.25) is 0 Å². The second-order valence-electron chi connectivity index (χ2n) is 7.51. The van der Waals surface area contributed by atoms with Crippen LogP contribution in [-0.4, -0.2) is 52.3 Å². The molecule has 0 aromatic heterocycles. The van der Waals surface area contributed by atoms with Crippen molar-refractivity contribution in [2.45, 2.75) is 31.5 Å². The lowest BCUT2D eigenvalue weighted by atomic mass is 9.85. The van der Waals surface area contributed by atoms with Gasteiger partial charge < -0.3 is 4.90 Å². The van der Waals surface area contributed by atoms with Crippen LogP contribution in [0.4, 0.5) is 4.79 Å². The van der Waals surface area contributed by atoms with Gasteiger partial charge in [-0.25, -0.2) is 4.79 Å². The summed E-state index contributed by atoms with van der Waals surface area (Å²) in [6.07, 6.45) is 1.36. The summed E-state index contributed by atoms with van der Waals surface area (Å²) in [5.41, 5.74) is 1.63. The van der Waals surface area contributed by atoms with E-state index >= 15 is 0 Å². The molecule has 1 spiro atoms. The highest BCUT2D eigenvalue weighted by atomic mass is 16.2. The van der Waals surface area contributed by atoms with Gasteiger partial charge in [0.15, 0.2) is 0 Å². The van der Waals surface area contributed by atoms with E-state index in [4.69, 9.17) is 0 Å². The van der Waals surface area contributed by atoms with Crippen molar-refractivity contribution in [1.82, 2.24) is 14.7 Å². The molecule has 2 aromatic rings. The monoisotopic (exact) mass is 363 g/mol. The van der Waals surface area contributed by atoms with E-state index in [1.165, 1.54) is 10.5 Å². The molecular formula is C22H25N3O2. The molecule has 2 heterocycles. The number of likely N-dealkylation sites (tertiary alicyclic amines) is 1. The van der Waals surface area contributed by atoms with Gasteiger partial charge in [-0.15, -0.1) is 0 Å². The van der Waals surface area contributed by atoms with Gasteiger partial charge in [-0.2, -0.15) is 0 Å². The van der Waals surface area contributed by atoms with Gasteiger partial charge in [0.25, 0.3) is 5.91 Å². The van der Waals surface area contributed by atoms with Gasteiger partial charge in [0.1, 0.15) is 5.54 Å². The third-order valence-corrected chi connectivity index (χ3v) is 5.85. The molecule has 0 radical (unpaired) electrons. The van der Waals surface area contributed by atoms with E-state index in [1.54, 1.807) is 11.9 Å². The molecule has 27 heavy (non-hydrogen) atoms. The standard InChI is InChI=1S/C22H25N3O2/c1-23-20(26)22(25(21(23)27)17-19-10-6-3-7-11-19)12-14-24(15-13-22)16-18-8-4-2-5-9-18/h2-11H,12-17H2,1H3. The molecule has 140 valence electrons. The van der Waals surface area contributed by atoms with Crippen molar-refractivity contribution in [3.63, 3.8) is 0 Å². The van der Waals surface area contributed by atoms with Crippen LogP contribution in [0.15, 0.2) is 60.7 Å². The number of rotatable bonds is 4. The van der Waals surface area contributed by atoms with Gasteiger partial charge in [0.05, 0.1) is 0 Å². The minimum atomic E-state index is -0.700. The van der Waals surface area contributed by atoms with Gasteiger partial charge in [0, 0.05) is 33.2 Å². The van der Waals surface area contributed by atoms with Crippen LogP contribution < -0.4 is 0 Å². The number of piperidine rings is 1. The maximum Gasteiger partial charge on any atom is 0.327 e. The van der Waals surface area contributed by atoms with Crippen molar-refractivity contribution in [3.05, 3.63) is 71.8 Å². The summed E-state index contributed by atoms with van der Waals surface area (Å²) in [7, 11) is 1.60. The fraction of sp³-hybridized carbons (Fsp3) is 0.364. The Morgan fingerprint density at radius 3 is 1.89 bits per heavy atom. The molecule has 5 heteroatoms. The van der Waals surface area contributed by atoms with Crippen molar-refractivity contribution in [2.24, 2.45) is 0 Å². The van der Waals surface area contributed by atoms with Gasteiger partial charge in [-0.3, -0.25) is 14.6 Å². The van der Waals surface area contributed by atoms with Crippen LogP contribution >= 0.6 is 0 Å². The van der Waals surface area contributed by atoms with Crippen LogP contribution in [0.25, 0.3) is 0 Å². The van der Waals surface area contributed by atoms with Crippen LogP contribution in [0.5, 0.6) is 0 Å². The van der Waals surface area contributed by atoms with Gasteiger partial charge in [-0.1, -0.05) is 60.7 Å². The summed E-state index contributed by atoms with van der Waals surface area (Å²) in [5.74, 6) is -0.0530. The zero-order valence-corrected chi connectivity index (χ0v) is 15.7. The van der Waals surface area contributed by atoms with Crippen LogP contribution in [0.1, 0.15) is 24.0 Å². The molecule has 2 aliphatic rings. The molecule has 0 atom stereocenters. The Hall–Kier alpha value is -2.66. The average Bonchev–Trinajstić information content (AvgIpc) is 2.88. The number of nitrogens with zero attached hydrogens (tertiary/aromatic N) is 3.